The van der Waals surface area contributed by atoms with Crippen LogP contribution in [0.3, 0.4) is 0 Å². The number of hydrogen-bond acceptors (Lipinski definition) is 38. The monoisotopic (exact) mass is 1450 g/mol. The van der Waals surface area contributed by atoms with E-state index in [-0.39, 0.29) is 25.2 Å². The standard InChI is InChI=1S/C62H100O38/c1-20-11-61-9-5-28-59(2,7-4-8-60(28,3)58(86)99-56-49(97-54-45(84)40(79)33(72)24(15-66)91-54)47(35(74)25(16-67)92-56)95-52-43(82)38(77)31(70)22(13-64)89-52)29(61)6-10-62(20,19-61)100-57-50(48(36(75)26(17-68)93-57)96-53-44(83)39(78)32(71)23(14-65)90-53)98-55-46(85)41(80)34(73)27(94-55)18-87-51-42(81)37(76)30(69)21(12-63)88-51/h21-57,63-85H,1,4-19H2,2-3H3/t21-,22-,23-,24-,25-,26-,27-,28+,29+,30-,31-,32-,33-,34-,35-,36-,37+,38+,39+,40+,41+,42-,43-,44-,45-,46-,47+,48+,49-,50-,51-,52+,53+,54+,55+,56+,57+,59-,60-,61?,62+/m1/s1. The van der Waals surface area contributed by atoms with Gasteiger partial charge in [-0.05, 0) is 86.5 Å². The van der Waals surface area contributed by atoms with Crippen molar-refractivity contribution in [2.45, 2.75) is 292 Å². The van der Waals surface area contributed by atoms with Gasteiger partial charge < -0.3 is 184 Å². The van der Waals surface area contributed by atoms with Crippen LogP contribution >= 0.6 is 0 Å². The fourth-order valence-corrected chi connectivity index (χ4v) is 17.8. The van der Waals surface area contributed by atoms with Crippen LogP contribution in [0.2, 0.25) is 0 Å². The third kappa shape index (κ3) is 14.1. The van der Waals surface area contributed by atoms with Crippen LogP contribution in [0.1, 0.15) is 71.6 Å². The summed E-state index contributed by atoms with van der Waals surface area (Å²) in [6.45, 7) is 2.06. The van der Waals surface area contributed by atoms with Crippen molar-refractivity contribution >= 4 is 5.97 Å². The number of carbonyl (C=O) groups excluding carboxylic acids is 1. The van der Waals surface area contributed by atoms with Gasteiger partial charge >= 0.3 is 5.97 Å². The predicted octanol–water partition coefficient (Wildman–Crippen LogP) is -11.6. The number of aliphatic hydroxyl groups is 23. The summed E-state index contributed by atoms with van der Waals surface area (Å²) in [4.78, 5) is 15.5. The van der Waals surface area contributed by atoms with E-state index in [0.717, 1.165) is 0 Å². The molecule has 100 heavy (non-hydrogen) atoms. The van der Waals surface area contributed by atoms with Gasteiger partial charge in [-0.3, -0.25) is 4.79 Å². The lowest BCUT2D eigenvalue weighted by Gasteiger charge is -2.64. The summed E-state index contributed by atoms with van der Waals surface area (Å²) in [7, 11) is 0. The summed E-state index contributed by atoms with van der Waals surface area (Å²) in [6.07, 6.45) is -63.2. The van der Waals surface area contributed by atoms with E-state index in [0.29, 0.717) is 44.1 Å². The van der Waals surface area contributed by atoms with E-state index >= 15 is 4.79 Å². The highest BCUT2D eigenvalue weighted by Crippen LogP contribution is 2.74. The van der Waals surface area contributed by atoms with Gasteiger partial charge in [0.25, 0.3) is 0 Å². The van der Waals surface area contributed by atoms with E-state index in [1.165, 1.54) is 0 Å². The lowest BCUT2D eigenvalue weighted by Crippen LogP contribution is -2.68. The van der Waals surface area contributed by atoms with E-state index in [2.05, 4.69) is 13.5 Å². The zero-order chi connectivity index (χ0) is 72.7. The van der Waals surface area contributed by atoms with E-state index in [4.69, 9.17) is 66.3 Å². The van der Waals surface area contributed by atoms with Gasteiger partial charge in [0.05, 0.1) is 57.3 Å². The molecule has 1 spiro atoms. The molecule has 11 aliphatic rings. The van der Waals surface area contributed by atoms with Gasteiger partial charge in [0.1, 0.15) is 165 Å². The first-order valence-electron chi connectivity index (χ1n) is 33.9. The average molecular weight is 1450 g/mol. The molecule has 4 saturated carbocycles. The maximum atomic E-state index is 15.5. The van der Waals surface area contributed by atoms with Crippen LogP contribution in [0.4, 0.5) is 0 Å². The normalized spacial score (nSPS) is 54.5. The molecular weight excluding hydrogens is 1350 g/mol. The van der Waals surface area contributed by atoms with Crippen LogP contribution in [0, 0.1) is 28.1 Å². The molecule has 4 aliphatic carbocycles. The van der Waals surface area contributed by atoms with Crippen LogP contribution in [0.15, 0.2) is 12.2 Å². The first-order valence-corrected chi connectivity index (χ1v) is 33.9. The van der Waals surface area contributed by atoms with Gasteiger partial charge in [-0.2, -0.15) is 0 Å². The van der Waals surface area contributed by atoms with Gasteiger partial charge in [0.15, 0.2) is 43.8 Å². The van der Waals surface area contributed by atoms with Crippen LogP contribution < -0.4 is 0 Å². The molecule has 2 bridgehead atoms. The molecule has 0 amide bonds. The van der Waals surface area contributed by atoms with Gasteiger partial charge in [-0.15, -0.1) is 0 Å². The number of fused-ring (bicyclic) bond motifs is 3. The van der Waals surface area contributed by atoms with Crippen LogP contribution in [0.5, 0.6) is 0 Å². The highest BCUT2D eigenvalue weighted by Gasteiger charge is 2.70. The third-order valence-corrected chi connectivity index (χ3v) is 23.4. The van der Waals surface area contributed by atoms with Crippen molar-refractivity contribution in [2.75, 3.05) is 46.2 Å². The van der Waals surface area contributed by atoms with Crippen LogP contribution in [-0.4, -0.2) is 390 Å². The van der Waals surface area contributed by atoms with Gasteiger partial charge in [0, 0.05) is 0 Å². The average Bonchev–Trinajstić information content (AvgIpc) is 1.48. The highest BCUT2D eigenvalue weighted by atomic mass is 16.8. The minimum atomic E-state index is -2.17. The molecule has 7 saturated heterocycles. The summed E-state index contributed by atoms with van der Waals surface area (Å²) >= 11 is 0. The fourth-order valence-electron chi connectivity index (χ4n) is 17.8. The Bertz CT molecular complexity index is 2720. The topological polar surface area (TPSA) is 612 Å². The number of hydrogen-bond donors (Lipinski definition) is 23. The second-order valence-electron chi connectivity index (χ2n) is 29.3. The number of ether oxygens (including phenoxy) is 14. The van der Waals surface area contributed by atoms with Crippen molar-refractivity contribution in [1.29, 1.82) is 0 Å². The van der Waals surface area contributed by atoms with E-state index < -0.39 is 295 Å². The lowest BCUT2D eigenvalue weighted by atomic mass is 9.41. The number of esters is 1. The molecule has 11 rings (SSSR count). The Hall–Kier alpha value is -2.23. The molecule has 38 heteroatoms. The van der Waals surface area contributed by atoms with Crippen molar-refractivity contribution < 1.29 is 189 Å². The molecule has 0 aromatic carbocycles. The molecular formula is C62H100O38. The van der Waals surface area contributed by atoms with Gasteiger partial charge in [-0.25, -0.2) is 0 Å². The molecule has 7 heterocycles. The second kappa shape index (κ2) is 31.2. The zero-order valence-corrected chi connectivity index (χ0v) is 54.8. The molecule has 0 aromatic heterocycles. The summed E-state index contributed by atoms with van der Waals surface area (Å²) in [5.74, 6) is -1.57. The molecule has 576 valence electrons. The third-order valence-electron chi connectivity index (χ3n) is 23.4. The number of aliphatic hydroxyl groups excluding tert-OH is 23. The van der Waals surface area contributed by atoms with E-state index in [1.54, 1.807) is 6.92 Å². The molecule has 7 aliphatic heterocycles. The van der Waals surface area contributed by atoms with Crippen molar-refractivity contribution in [1.82, 2.24) is 0 Å². The summed E-state index contributed by atoms with van der Waals surface area (Å²) in [5.41, 5.74) is -3.55. The second-order valence-corrected chi connectivity index (χ2v) is 29.3. The largest absolute Gasteiger partial charge is 0.432 e. The van der Waals surface area contributed by atoms with Crippen molar-refractivity contribution in [2.24, 2.45) is 28.1 Å². The fraction of sp³-hybridized carbons (Fsp3) is 0.952. The van der Waals surface area contributed by atoms with Crippen molar-refractivity contribution in [3.05, 3.63) is 12.2 Å². The van der Waals surface area contributed by atoms with Gasteiger partial charge in [-0.1, -0.05) is 19.9 Å². The Morgan fingerprint density at radius 1 is 0.400 bits per heavy atom. The Balaban J connectivity index is 0.861. The highest BCUT2D eigenvalue weighted by molar-refractivity contribution is 5.77. The number of carbonyl (C=O) groups is 1. The zero-order valence-electron chi connectivity index (χ0n) is 54.8. The lowest BCUT2D eigenvalue weighted by molar-refractivity contribution is -0.401. The molecule has 11 fully saturated rings. The Morgan fingerprint density at radius 2 is 0.750 bits per heavy atom. The maximum Gasteiger partial charge on any atom is 0.314 e. The smallest absolute Gasteiger partial charge is 0.314 e. The number of rotatable bonds is 21. The van der Waals surface area contributed by atoms with Gasteiger partial charge in [0.2, 0.25) is 6.29 Å². The first-order chi connectivity index (χ1) is 47.3. The molecule has 1 unspecified atom stereocenters. The Kier molecular flexibility index (Phi) is 24.6. The van der Waals surface area contributed by atoms with E-state index in [1.807, 2.05) is 0 Å². The molecule has 38 nitrogen and oxygen atoms in total. The predicted molar refractivity (Wildman–Crippen MR) is 317 cm³/mol. The molecule has 23 N–H and O–H groups in total. The Morgan fingerprint density at radius 3 is 1.19 bits per heavy atom. The Labute approximate surface area is 571 Å². The maximum absolute atomic E-state index is 15.5. The van der Waals surface area contributed by atoms with Crippen molar-refractivity contribution in [3.8, 4) is 0 Å². The van der Waals surface area contributed by atoms with Crippen LogP contribution in [-0.2, 0) is 71.1 Å². The van der Waals surface area contributed by atoms with Crippen LogP contribution in [0.25, 0.3) is 0 Å². The molecule has 0 radical (unpaired) electrons. The summed E-state index contributed by atoms with van der Waals surface area (Å²) < 4.78 is 84.7. The minimum absolute atomic E-state index is 0.178. The SMILES string of the molecule is C=C1CC23CC[C@H]4[C@@](C)(CCC[C@@]4(C)C(=O)O[C@@H]4O[C@H](CO)[C@@H](O)[C@H](O[C@@H]5O[C@H](CO)[C@@H](O)[C@H](O)[C@H]5O)[C@H]4O[C@@H]4O[C@H](CO)[C@@H](O)[C@H](O)[C@H]4O)[C@@H]2CC[C@]1(O[C@@H]1O[C@H](CO)[C@@H](O)[C@H](O[C@@H]2O[C@H](CO)[C@@H](O)[C@H](O)[C@H]2O)[C@H]1O[C@@H]1O[C@H](CO[C@@H]2O[C@H](CO)[C@@H](O)[C@H](O)[C@H]2O)[C@@H](O)[C@H](O)[C@H]1O)C3. The summed E-state index contributed by atoms with van der Waals surface area (Å²) in [6, 6.07) is 0. The summed E-state index contributed by atoms with van der Waals surface area (Å²) in [5, 5.41) is 249. The van der Waals surface area contributed by atoms with Crippen molar-refractivity contribution in [3.63, 3.8) is 0 Å². The van der Waals surface area contributed by atoms with E-state index in [9.17, 15) is 117 Å². The molecule has 41 atom stereocenters. The minimum Gasteiger partial charge on any atom is -0.432 e. The first kappa shape index (κ1) is 78.8. The molecule has 0 aromatic rings. The quantitative estimate of drug-likeness (QED) is 0.0288.